The van der Waals surface area contributed by atoms with E-state index in [9.17, 15) is 0 Å². The number of nitrogens with zero attached hydrogens (tertiary/aromatic N) is 5. The van der Waals surface area contributed by atoms with Crippen molar-refractivity contribution in [3.05, 3.63) is 285 Å². The SMILES string of the molecule is Cc1cccc2c3ncc(-c4ccccc4-c4cc(-c5ccccc5-c5ccc(-c6ccccc6)nc5)cc(-c5ccccc5-c5ccc(-c6ccccc6)nc5)c4)c(-c4ccc(-c5ccccc5)cc4)c3c3ccnn3c12. The number of hydrogen-bond acceptors (Lipinski definition) is 4. The van der Waals surface area contributed by atoms with Gasteiger partial charge in [0.2, 0.25) is 0 Å². The predicted octanol–water partition coefficient (Wildman–Crippen LogP) is 18.8. The zero-order valence-corrected chi connectivity index (χ0v) is 42.8. The highest BCUT2D eigenvalue weighted by Gasteiger charge is 2.23. The van der Waals surface area contributed by atoms with Crippen LogP contribution in [-0.2, 0) is 0 Å². The molecule has 14 aromatic rings. The normalized spacial score (nSPS) is 11.4. The van der Waals surface area contributed by atoms with E-state index in [-0.39, 0.29) is 0 Å². The first kappa shape index (κ1) is 46.2. The Bertz CT molecular complexity index is 4370. The van der Waals surface area contributed by atoms with E-state index in [2.05, 4.69) is 260 Å². The van der Waals surface area contributed by atoms with Gasteiger partial charge in [-0.1, -0.05) is 218 Å². The van der Waals surface area contributed by atoms with Crippen LogP contribution in [0.2, 0.25) is 0 Å². The van der Waals surface area contributed by atoms with E-state index in [0.717, 1.165) is 139 Å². The maximum absolute atomic E-state index is 5.46. The number of aryl methyl sites for hydroxylation is 1. The lowest BCUT2D eigenvalue weighted by molar-refractivity contribution is 1.00. The predicted molar refractivity (Wildman–Crippen MR) is 323 cm³/mol. The van der Waals surface area contributed by atoms with E-state index in [0.29, 0.717) is 0 Å². The van der Waals surface area contributed by atoms with Crippen molar-refractivity contribution in [2.24, 2.45) is 0 Å². The van der Waals surface area contributed by atoms with E-state index in [1.54, 1.807) is 0 Å². The molecule has 5 nitrogen and oxygen atoms in total. The summed E-state index contributed by atoms with van der Waals surface area (Å²) in [4.78, 5) is 15.5. The Kier molecular flexibility index (Phi) is 11.7. The summed E-state index contributed by atoms with van der Waals surface area (Å²) in [6.45, 7) is 2.15. The molecule has 78 heavy (non-hydrogen) atoms. The highest BCUT2D eigenvalue weighted by molar-refractivity contribution is 6.19. The van der Waals surface area contributed by atoms with Gasteiger partial charge in [0.15, 0.2) is 0 Å². The number of benzene rings is 9. The van der Waals surface area contributed by atoms with Crippen molar-refractivity contribution in [1.29, 1.82) is 0 Å². The number of hydrogen-bond donors (Lipinski definition) is 0. The molecule has 0 saturated heterocycles. The molecule has 0 aliphatic rings. The number of aromatic nitrogens is 5. The highest BCUT2D eigenvalue weighted by atomic mass is 15.2. The van der Waals surface area contributed by atoms with Crippen LogP contribution in [0.25, 0.3) is 139 Å². The van der Waals surface area contributed by atoms with Gasteiger partial charge < -0.3 is 0 Å². The third kappa shape index (κ3) is 8.31. The van der Waals surface area contributed by atoms with Crippen molar-refractivity contribution in [2.75, 3.05) is 0 Å². The van der Waals surface area contributed by atoms with Gasteiger partial charge in [-0.2, -0.15) is 5.10 Å². The zero-order chi connectivity index (χ0) is 51.9. The van der Waals surface area contributed by atoms with Crippen LogP contribution in [0.5, 0.6) is 0 Å². The molecule has 5 heterocycles. The summed E-state index contributed by atoms with van der Waals surface area (Å²) in [6, 6.07) is 90.8. The van der Waals surface area contributed by atoms with Gasteiger partial charge >= 0.3 is 0 Å². The van der Waals surface area contributed by atoms with Crippen LogP contribution >= 0.6 is 0 Å². The second-order valence-electron chi connectivity index (χ2n) is 19.8. The number of fused-ring (bicyclic) bond motifs is 6. The molecule has 0 aliphatic carbocycles. The Hall–Kier alpha value is -10.4. The molecule has 5 heteroatoms. The molecule has 0 atom stereocenters. The van der Waals surface area contributed by atoms with Gasteiger partial charge in [-0.15, -0.1) is 0 Å². The van der Waals surface area contributed by atoms with Gasteiger partial charge in [0.25, 0.3) is 0 Å². The molecule has 0 N–H and O–H groups in total. The molecule has 0 saturated carbocycles. The van der Waals surface area contributed by atoms with Gasteiger partial charge in [-0.05, 0) is 116 Å². The van der Waals surface area contributed by atoms with Crippen LogP contribution < -0.4 is 0 Å². The molecule has 0 bridgehead atoms. The van der Waals surface area contributed by atoms with Crippen molar-refractivity contribution >= 4 is 27.3 Å². The van der Waals surface area contributed by atoms with E-state index in [1.807, 2.05) is 30.7 Å². The minimum Gasteiger partial charge on any atom is -0.256 e. The van der Waals surface area contributed by atoms with Crippen LogP contribution in [-0.4, -0.2) is 24.6 Å². The van der Waals surface area contributed by atoms with Gasteiger partial charge in [0.1, 0.15) is 0 Å². The maximum Gasteiger partial charge on any atom is 0.0824 e. The largest absolute Gasteiger partial charge is 0.256 e. The lowest BCUT2D eigenvalue weighted by Crippen LogP contribution is -1.99. The van der Waals surface area contributed by atoms with Crippen molar-refractivity contribution in [1.82, 2.24) is 24.6 Å². The van der Waals surface area contributed by atoms with Crippen LogP contribution in [0.15, 0.2) is 280 Å². The van der Waals surface area contributed by atoms with Crippen molar-refractivity contribution in [3.63, 3.8) is 0 Å². The van der Waals surface area contributed by atoms with E-state index in [4.69, 9.17) is 20.1 Å². The summed E-state index contributed by atoms with van der Waals surface area (Å²) in [5, 5.41) is 7.09. The Labute approximate surface area is 453 Å². The molecule has 9 aromatic carbocycles. The topological polar surface area (TPSA) is 56.0 Å². The fourth-order valence-corrected chi connectivity index (χ4v) is 11.4. The van der Waals surface area contributed by atoms with Gasteiger partial charge in [0.05, 0.1) is 34.1 Å². The molecule has 0 unspecified atom stereocenters. The Morgan fingerprint density at radius 1 is 0.308 bits per heavy atom. The third-order valence-corrected chi connectivity index (χ3v) is 15.2. The lowest BCUT2D eigenvalue weighted by atomic mass is 9.84. The summed E-state index contributed by atoms with van der Waals surface area (Å²) in [7, 11) is 0. The van der Waals surface area contributed by atoms with Crippen molar-refractivity contribution < 1.29 is 0 Å². The fraction of sp³-hybridized carbons (Fsp3) is 0.0137. The third-order valence-electron chi connectivity index (χ3n) is 15.2. The molecular formula is C73H49N5. The Balaban J connectivity index is 0.993. The zero-order valence-electron chi connectivity index (χ0n) is 42.8. The van der Waals surface area contributed by atoms with Crippen LogP contribution in [0.1, 0.15) is 5.56 Å². The van der Waals surface area contributed by atoms with Gasteiger partial charge in [-0.3, -0.25) is 15.0 Å². The quantitative estimate of drug-likeness (QED) is 0.128. The average Bonchev–Trinajstić information content (AvgIpc) is 4.03. The summed E-state index contributed by atoms with van der Waals surface area (Å²) < 4.78 is 2.10. The first-order valence-electron chi connectivity index (χ1n) is 26.4. The second-order valence-corrected chi connectivity index (χ2v) is 19.8. The minimum absolute atomic E-state index is 0.938. The first-order chi connectivity index (χ1) is 38.6. The Morgan fingerprint density at radius 2 is 0.744 bits per heavy atom. The molecule has 0 spiro atoms. The monoisotopic (exact) mass is 995 g/mol. The molecule has 0 amide bonds. The summed E-state index contributed by atoms with van der Waals surface area (Å²) in [5.74, 6) is 0. The molecule has 0 fully saturated rings. The molecule has 5 aromatic heterocycles. The summed E-state index contributed by atoms with van der Waals surface area (Å²) >= 11 is 0. The second kappa shape index (κ2) is 19.7. The van der Waals surface area contributed by atoms with Crippen LogP contribution in [0.4, 0.5) is 0 Å². The number of para-hydroxylation sites is 1. The van der Waals surface area contributed by atoms with E-state index < -0.39 is 0 Å². The van der Waals surface area contributed by atoms with E-state index in [1.165, 1.54) is 5.56 Å². The maximum atomic E-state index is 5.46. The standard InChI is InChI=1S/C73H49N5/c1-48-18-17-31-65-72-71(69-40-41-77-78(69)73(48)65)70(53-34-32-50(33-35-53)49-19-5-2-6-20-49)66(47-76-72)64-30-16-15-29-63(64)58-43-56(61-27-13-11-25-59(61)54-36-38-67(74-45-54)51-21-7-3-8-22-51)42-57(44-58)62-28-14-12-26-60(62)55-37-39-68(75-46-55)52-23-9-4-10-24-52/h2-47H,1H3. The summed E-state index contributed by atoms with van der Waals surface area (Å²) in [5.41, 5.74) is 25.7. The van der Waals surface area contributed by atoms with Gasteiger partial charge in [0, 0.05) is 62.7 Å². The lowest BCUT2D eigenvalue weighted by Gasteiger charge is -2.20. The van der Waals surface area contributed by atoms with Gasteiger partial charge in [-0.25, -0.2) is 4.52 Å². The molecule has 0 radical (unpaired) electrons. The number of rotatable bonds is 10. The molecular weight excluding hydrogens is 947 g/mol. The molecule has 366 valence electrons. The molecule has 14 rings (SSSR count). The number of pyridine rings is 4. The average molecular weight is 996 g/mol. The Morgan fingerprint density at radius 3 is 1.26 bits per heavy atom. The minimum atomic E-state index is 0.938. The first-order valence-corrected chi connectivity index (χ1v) is 26.4. The smallest absolute Gasteiger partial charge is 0.0824 e. The van der Waals surface area contributed by atoms with Crippen molar-refractivity contribution in [3.8, 4) is 112 Å². The summed E-state index contributed by atoms with van der Waals surface area (Å²) in [6.07, 6.45) is 8.02. The molecule has 0 aliphatic heterocycles. The fourth-order valence-electron chi connectivity index (χ4n) is 11.4. The highest BCUT2D eigenvalue weighted by Crippen LogP contribution is 2.47. The van der Waals surface area contributed by atoms with E-state index >= 15 is 0 Å². The van der Waals surface area contributed by atoms with Crippen LogP contribution in [0, 0.1) is 6.92 Å². The van der Waals surface area contributed by atoms with Crippen molar-refractivity contribution in [2.45, 2.75) is 6.92 Å². The van der Waals surface area contributed by atoms with Crippen LogP contribution in [0.3, 0.4) is 0 Å².